The first-order valence-electron chi connectivity index (χ1n) is 5.90. The zero-order chi connectivity index (χ0) is 15.2. The van der Waals surface area contributed by atoms with Crippen LogP contribution in [0.3, 0.4) is 0 Å². The number of hydrogen-bond acceptors (Lipinski definition) is 5. The van der Waals surface area contributed by atoms with Gasteiger partial charge in [-0.15, -0.1) is 11.3 Å². The summed E-state index contributed by atoms with van der Waals surface area (Å²) in [4.78, 5) is 10.1. The number of fused-ring (bicyclic) bond motifs is 1. The van der Waals surface area contributed by atoms with Crippen molar-refractivity contribution in [3.63, 3.8) is 0 Å². The average molecular weight is 345 g/mol. The van der Waals surface area contributed by atoms with Crippen LogP contribution in [0.1, 0.15) is 11.1 Å². The molecule has 2 heterocycles. The van der Waals surface area contributed by atoms with E-state index in [2.05, 4.69) is 0 Å². The molecule has 110 valence electrons. The maximum absolute atomic E-state index is 12.5. The first kappa shape index (κ1) is 14.5. The van der Waals surface area contributed by atoms with Gasteiger partial charge in [-0.3, -0.25) is 10.1 Å². The maximum Gasteiger partial charge on any atom is 0.300 e. The van der Waals surface area contributed by atoms with Gasteiger partial charge < -0.3 is 0 Å². The van der Waals surface area contributed by atoms with Crippen LogP contribution in [0.15, 0.2) is 34.5 Å². The molecule has 0 saturated heterocycles. The third kappa shape index (κ3) is 2.44. The van der Waals surface area contributed by atoms with Crippen LogP contribution in [0.25, 0.3) is 0 Å². The first-order valence-corrected chi connectivity index (χ1v) is 8.53. The molecule has 0 radical (unpaired) electrons. The van der Waals surface area contributed by atoms with E-state index in [9.17, 15) is 18.5 Å². The van der Waals surface area contributed by atoms with Gasteiger partial charge in [-0.1, -0.05) is 35.9 Å². The van der Waals surface area contributed by atoms with E-state index in [0.29, 0.717) is 11.3 Å². The molecule has 9 heteroatoms. The Morgan fingerprint density at radius 1 is 1.24 bits per heavy atom. The molecule has 1 aromatic heterocycles. The first-order chi connectivity index (χ1) is 9.89. The fraction of sp³-hybridized carbons (Fsp3) is 0.167. The lowest BCUT2D eigenvalue weighted by molar-refractivity contribution is -0.384. The monoisotopic (exact) mass is 344 g/mol. The molecule has 3 rings (SSSR count). The summed E-state index contributed by atoms with van der Waals surface area (Å²) in [5.41, 5.74) is 1.51. The highest BCUT2D eigenvalue weighted by Crippen LogP contribution is 2.39. The minimum atomic E-state index is -3.78. The van der Waals surface area contributed by atoms with Gasteiger partial charge in [0.25, 0.3) is 15.7 Å². The summed E-state index contributed by atoms with van der Waals surface area (Å²) >= 11 is 6.45. The molecule has 0 fully saturated rings. The van der Waals surface area contributed by atoms with Crippen LogP contribution < -0.4 is 0 Å². The summed E-state index contributed by atoms with van der Waals surface area (Å²) in [6.07, 6.45) is 0. The molecular formula is C12H9ClN2O4S2. The average Bonchev–Trinajstić information content (AvgIpc) is 3.02. The van der Waals surface area contributed by atoms with Crippen molar-refractivity contribution in [1.82, 2.24) is 4.31 Å². The van der Waals surface area contributed by atoms with Crippen molar-refractivity contribution < 1.29 is 13.3 Å². The van der Waals surface area contributed by atoms with E-state index in [-0.39, 0.29) is 27.3 Å². The third-order valence-corrected chi connectivity index (χ3v) is 6.83. The molecule has 2 aromatic rings. The van der Waals surface area contributed by atoms with Crippen LogP contribution >= 0.6 is 22.9 Å². The van der Waals surface area contributed by atoms with Crippen molar-refractivity contribution in [3.8, 4) is 0 Å². The number of hydrogen-bond donors (Lipinski definition) is 0. The summed E-state index contributed by atoms with van der Waals surface area (Å²) in [5.74, 6) is 0. The molecule has 1 aliphatic rings. The summed E-state index contributed by atoms with van der Waals surface area (Å²) in [7, 11) is -3.78. The summed E-state index contributed by atoms with van der Waals surface area (Å²) in [6.45, 7) is 0.531. The van der Waals surface area contributed by atoms with Crippen molar-refractivity contribution >= 4 is 38.6 Å². The molecule has 0 bridgehead atoms. The van der Waals surface area contributed by atoms with E-state index in [1.54, 1.807) is 0 Å². The smallest absolute Gasteiger partial charge is 0.258 e. The van der Waals surface area contributed by atoms with Gasteiger partial charge in [-0.2, -0.15) is 4.31 Å². The van der Waals surface area contributed by atoms with Crippen molar-refractivity contribution in [2.45, 2.75) is 17.3 Å². The van der Waals surface area contributed by atoms with Crippen LogP contribution in [0.4, 0.5) is 5.69 Å². The summed E-state index contributed by atoms with van der Waals surface area (Å²) in [6, 6.07) is 8.46. The minimum Gasteiger partial charge on any atom is -0.258 e. The Balaban J connectivity index is 1.96. The van der Waals surface area contributed by atoms with Gasteiger partial charge in [-0.25, -0.2) is 8.42 Å². The topological polar surface area (TPSA) is 80.5 Å². The van der Waals surface area contributed by atoms with Crippen molar-refractivity contribution in [1.29, 1.82) is 0 Å². The van der Waals surface area contributed by atoms with E-state index in [4.69, 9.17) is 11.6 Å². The Kier molecular flexibility index (Phi) is 3.48. The molecule has 0 spiro atoms. The predicted molar refractivity (Wildman–Crippen MR) is 78.9 cm³/mol. The number of rotatable bonds is 3. The lowest BCUT2D eigenvalue weighted by Crippen LogP contribution is -2.24. The zero-order valence-electron chi connectivity index (χ0n) is 10.5. The highest BCUT2D eigenvalue weighted by Gasteiger charge is 2.34. The fourth-order valence-electron chi connectivity index (χ4n) is 2.19. The highest BCUT2D eigenvalue weighted by molar-refractivity contribution is 7.91. The standard InChI is InChI=1S/C12H9ClN2O4S2/c13-12-10(15(16)17)5-11(20-12)21(18,19)14-6-8-3-1-2-4-9(8)7-14/h1-5H,6-7H2. The number of sulfonamides is 1. The second-order valence-electron chi connectivity index (χ2n) is 4.52. The number of halogens is 1. The summed E-state index contributed by atoms with van der Waals surface area (Å²) in [5, 5.41) is 10.8. The molecule has 6 nitrogen and oxygen atoms in total. The Morgan fingerprint density at radius 2 is 1.81 bits per heavy atom. The second-order valence-corrected chi connectivity index (χ2v) is 8.34. The lowest BCUT2D eigenvalue weighted by Gasteiger charge is -2.13. The number of nitro groups is 1. The largest absolute Gasteiger partial charge is 0.300 e. The van der Waals surface area contributed by atoms with Gasteiger partial charge in [0.15, 0.2) is 4.34 Å². The molecule has 0 aliphatic carbocycles. The molecular weight excluding hydrogens is 336 g/mol. The van der Waals surface area contributed by atoms with Crippen LogP contribution in [-0.4, -0.2) is 17.6 Å². The molecule has 0 unspecified atom stereocenters. The van der Waals surface area contributed by atoms with E-state index in [1.807, 2.05) is 24.3 Å². The van der Waals surface area contributed by atoms with Gasteiger partial charge in [0.1, 0.15) is 4.21 Å². The van der Waals surface area contributed by atoms with Gasteiger partial charge >= 0.3 is 0 Å². The van der Waals surface area contributed by atoms with E-state index < -0.39 is 14.9 Å². The lowest BCUT2D eigenvalue weighted by atomic mass is 10.1. The quantitative estimate of drug-likeness (QED) is 0.633. The van der Waals surface area contributed by atoms with Crippen LogP contribution in [0, 0.1) is 10.1 Å². The number of thiophene rings is 1. The SMILES string of the molecule is O=[N+]([O-])c1cc(S(=O)(=O)N2Cc3ccccc3C2)sc1Cl. The third-order valence-electron chi connectivity index (χ3n) is 3.25. The molecule has 0 N–H and O–H groups in total. The second kappa shape index (κ2) is 5.06. The van der Waals surface area contributed by atoms with Crippen molar-refractivity contribution in [2.24, 2.45) is 0 Å². The van der Waals surface area contributed by atoms with E-state index in [1.165, 1.54) is 4.31 Å². The number of benzene rings is 1. The van der Waals surface area contributed by atoms with Crippen molar-refractivity contribution in [3.05, 3.63) is 55.9 Å². The molecule has 0 saturated carbocycles. The molecule has 1 aliphatic heterocycles. The Morgan fingerprint density at radius 3 is 2.29 bits per heavy atom. The van der Waals surface area contributed by atoms with Crippen molar-refractivity contribution in [2.75, 3.05) is 0 Å². The van der Waals surface area contributed by atoms with Crippen LogP contribution in [0.2, 0.25) is 4.34 Å². The molecule has 21 heavy (non-hydrogen) atoms. The molecule has 0 atom stereocenters. The van der Waals surface area contributed by atoms with Gasteiger partial charge in [0.05, 0.1) is 4.92 Å². The van der Waals surface area contributed by atoms with Crippen LogP contribution in [-0.2, 0) is 23.1 Å². The highest BCUT2D eigenvalue weighted by atomic mass is 35.5. The fourth-order valence-corrected chi connectivity index (χ4v) is 5.41. The Labute approximate surface area is 129 Å². The normalized spacial score (nSPS) is 15.1. The van der Waals surface area contributed by atoms with Crippen LogP contribution in [0.5, 0.6) is 0 Å². The predicted octanol–water partition coefficient (Wildman–Crippen LogP) is 3.01. The van der Waals surface area contributed by atoms with E-state index >= 15 is 0 Å². The molecule has 0 amide bonds. The Hall–Kier alpha value is -1.48. The Bertz CT molecular complexity index is 807. The summed E-state index contributed by atoms with van der Waals surface area (Å²) < 4.78 is 26.2. The minimum absolute atomic E-state index is 0.105. The van der Waals surface area contributed by atoms with Gasteiger partial charge in [0, 0.05) is 19.2 Å². The maximum atomic E-state index is 12.5. The zero-order valence-corrected chi connectivity index (χ0v) is 12.9. The van der Waals surface area contributed by atoms with E-state index in [0.717, 1.165) is 17.2 Å². The number of nitrogens with zero attached hydrogens (tertiary/aromatic N) is 2. The van der Waals surface area contributed by atoms with Gasteiger partial charge in [0.2, 0.25) is 0 Å². The molecule has 1 aromatic carbocycles. The van der Waals surface area contributed by atoms with Gasteiger partial charge in [-0.05, 0) is 11.1 Å².